The predicted octanol–water partition coefficient (Wildman–Crippen LogP) is 2.84. The molecule has 2 aromatic rings. The van der Waals surface area contributed by atoms with Crippen molar-refractivity contribution in [2.45, 2.75) is 31.4 Å². The van der Waals surface area contributed by atoms with E-state index in [0.29, 0.717) is 24.1 Å². The highest BCUT2D eigenvalue weighted by Crippen LogP contribution is 2.27. The van der Waals surface area contributed by atoms with E-state index in [1.807, 2.05) is 35.2 Å². The third-order valence-electron chi connectivity index (χ3n) is 5.51. The molecule has 0 saturated carbocycles. The van der Waals surface area contributed by atoms with Crippen molar-refractivity contribution in [1.82, 2.24) is 9.80 Å². The van der Waals surface area contributed by atoms with E-state index < -0.39 is 6.04 Å². The molecule has 0 unspecified atom stereocenters. The van der Waals surface area contributed by atoms with Gasteiger partial charge in [-0.3, -0.25) is 9.59 Å². The molecule has 2 aromatic carbocycles. The Labute approximate surface area is 170 Å². The maximum absolute atomic E-state index is 13.2. The SMILES string of the molecule is N#Cc1cccc(C(=O)N2C[C@@H](Oc3ccccc3)C[C@H]2C(=O)N2CCCC2)c1. The highest BCUT2D eigenvalue weighted by atomic mass is 16.5. The summed E-state index contributed by atoms with van der Waals surface area (Å²) < 4.78 is 6.06. The number of hydrogen-bond donors (Lipinski definition) is 0. The number of likely N-dealkylation sites (tertiary alicyclic amines) is 2. The molecule has 0 spiro atoms. The first kappa shape index (κ1) is 19.0. The van der Waals surface area contributed by atoms with E-state index in [1.54, 1.807) is 29.2 Å². The van der Waals surface area contributed by atoms with Gasteiger partial charge in [-0.15, -0.1) is 0 Å². The van der Waals surface area contributed by atoms with Crippen LogP contribution in [0, 0.1) is 11.3 Å². The summed E-state index contributed by atoms with van der Waals surface area (Å²) in [5.74, 6) is 0.482. The predicted molar refractivity (Wildman–Crippen MR) is 107 cm³/mol. The Morgan fingerprint density at radius 1 is 1.03 bits per heavy atom. The number of carbonyl (C=O) groups excluding carboxylic acids is 2. The average Bonchev–Trinajstić information content (AvgIpc) is 3.44. The molecule has 29 heavy (non-hydrogen) atoms. The molecule has 6 heteroatoms. The van der Waals surface area contributed by atoms with Gasteiger partial charge >= 0.3 is 0 Å². The number of benzene rings is 2. The summed E-state index contributed by atoms with van der Waals surface area (Å²) in [4.78, 5) is 29.8. The summed E-state index contributed by atoms with van der Waals surface area (Å²) in [7, 11) is 0. The van der Waals surface area contributed by atoms with Gasteiger partial charge in [0.1, 0.15) is 17.9 Å². The second-order valence-electron chi connectivity index (χ2n) is 7.49. The lowest BCUT2D eigenvalue weighted by Crippen LogP contribution is -2.47. The summed E-state index contributed by atoms with van der Waals surface area (Å²) >= 11 is 0. The van der Waals surface area contributed by atoms with Crippen LogP contribution < -0.4 is 4.74 Å². The molecule has 2 saturated heterocycles. The van der Waals surface area contributed by atoms with Gasteiger partial charge in [0.15, 0.2) is 0 Å². The molecule has 2 aliphatic rings. The van der Waals surface area contributed by atoms with Crippen LogP contribution in [-0.4, -0.2) is 53.4 Å². The van der Waals surface area contributed by atoms with Gasteiger partial charge in [-0.2, -0.15) is 5.26 Å². The van der Waals surface area contributed by atoms with Crippen molar-refractivity contribution < 1.29 is 14.3 Å². The lowest BCUT2D eigenvalue weighted by atomic mass is 10.1. The molecule has 0 aliphatic carbocycles. The molecular weight excluding hydrogens is 366 g/mol. The Bertz CT molecular complexity index is 932. The van der Waals surface area contributed by atoms with Gasteiger partial charge in [-0.25, -0.2) is 0 Å². The van der Waals surface area contributed by atoms with Crippen molar-refractivity contribution >= 4 is 11.8 Å². The van der Waals surface area contributed by atoms with Gasteiger partial charge in [-0.05, 0) is 43.2 Å². The van der Waals surface area contributed by atoms with Crippen LogP contribution in [-0.2, 0) is 4.79 Å². The van der Waals surface area contributed by atoms with Crippen molar-refractivity contribution in [1.29, 1.82) is 5.26 Å². The molecule has 0 aromatic heterocycles. The van der Waals surface area contributed by atoms with E-state index in [2.05, 4.69) is 6.07 Å². The molecule has 2 heterocycles. The minimum Gasteiger partial charge on any atom is -0.488 e. The third-order valence-corrected chi connectivity index (χ3v) is 5.51. The summed E-state index contributed by atoms with van der Waals surface area (Å²) in [6.45, 7) is 1.83. The molecule has 2 atom stereocenters. The quantitative estimate of drug-likeness (QED) is 0.806. The molecular formula is C23H23N3O3. The van der Waals surface area contributed by atoms with E-state index in [9.17, 15) is 9.59 Å². The number of rotatable bonds is 4. The van der Waals surface area contributed by atoms with E-state index >= 15 is 0 Å². The van der Waals surface area contributed by atoms with Crippen LogP contribution in [0.3, 0.4) is 0 Å². The van der Waals surface area contributed by atoms with Gasteiger partial charge in [0, 0.05) is 25.1 Å². The number of nitriles is 1. The molecule has 6 nitrogen and oxygen atoms in total. The first-order chi connectivity index (χ1) is 14.2. The van der Waals surface area contributed by atoms with Crippen LogP contribution in [0.4, 0.5) is 0 Å². The molecule has 2 amide bonds. The number of nitrogens with zero attached hydrogens (tertiary/aromatic N) is 3. The zero-order valence-corrected chi connectivity index (χ0v) is 16.2. The molecule has 0 radical (unpaired) electrons. The van der Waals surface area contributed by atoms with Crippen LogP contribution in [0.2, 0.25) is 0 Å². The highest BCUT2D eigenvalue weighted by Gasteiger charge is 2.43. The van der Waals surface area contributed by atoms with Crippen LogP contribution in [0.5, 0.6) is 5.75 Å². The molecule has 4 rings (SSSR count). The van der Waals surface area contributed by atoms with Gasteiger partial charge in [-0.1, -0.05) is 24.3 Å². The summed E-state index contributed by atoms with van der Waals surface area (Å²) in [5, 5.41) is 9.14. The number of amides is 2. The molecule has 2 aliphatic heterocycles. The number of para-hydroxylation sites is 1. The van der Waals surface area contributed by atoms with Gasteiger partial charge in [0.25, 0.3) is 5.91 Å². The Morgan fingerprint density at radius 3 is 2.52 bits per heavy atom. The average molecular weight is 389 g/mol. The van der Waals surface area contributed by atoms with Gasteiger partial charge in [0.2, 0.25) is 5.91 Å². The maximum atomic E-state index is 13.2. The Kier molecular flexibility index (Phi) is 5.48. The molecule has 148 valence electrons. The second kappa shape index (κ2) is 8.36. The fourth-order valence-electron chi connectivity index (χ4n) is 4.07. The van der Waals surface area contributed by atoms with Gasteiger partial charge in [0.05, 0.1) is 18.2 Å². The maximum Gasteiger partial charge on any atom is 0.254 e. The lowest BCUT2D eigenvalue weighted by Gasteiger charge is -2.27. The standard InChI is InChI=1S/C23H23N3O3/c24-15-17-7-6-8-18(13-17)22(27)26-16-20(29-19-9-2-1-3-10-19)14-21(26)23(28)25-11-4-5-12-25/h1-3,6-10,13,20-21H,4-5,11-12,14,16H2/t20-,21-/m0/s1. The fourth-order valence-corrected chi connectivity index (χ4v) is 4.07. The first-order valence-corrected chi connectivity index (χ1v) is 9.97. The normalized spacial score (nSPS) is 21.1. The van der Waals surface area contributed by atoms with E-state index in [1.165, 1.54) is 0 Å². The second-order valence-corrected chi connectivity index (χ2v) is 7.49. The smallest absolute Gasteiger partial charge is 0.254 e. The van der Waals surface area contributed by atoms with Crippen LogP contribution in [0.15, 0.2) is 54.6 Å². The Balaban J connectivity index is 1.57. The van der Waals surface area contributed by atoms with E-state index in [0.717, 1.165) is 31.7 Å². The van der Waals surface area contributed by atoms with Crippen LogP contribution >= 0.6 is 0 Å². The molecule has 2 fully saturated rings. The van der Waals surface area contributed by atoms with E-state index in [4.69, 9.17) is 10.00 Å². The van der Waals surface area contributed by atoms with Crippen LogP contribution in [0.25, 0.3) is 0 Å². The molecule has 0 bridgehead atoms. The summed E-state index contributed by atoms with van der Waals surface area (Å²) in [6.07, 6.45) is 2.21. The van der Waals surface area contributed by atoms with Gasteiger partial charge < -0.3 is 14.5 Å². The number of hydrogen-bond acceptors (Lipinski definition) is 4. The monoisotopic (exact) mass is 389 g/mol. The Hall–Kier alpha value is -3.33. The number of carbonyl (C=O) groups is 2. The molecule has 0 N–H and O–H groups in total. The van der Waals surface area contributed by atoms with Crippen molar-refractivity contribution in [3.05, 3.63) is 65.7 Å². The number of ether oxygens (including phenoxy) is 1. The largest absolute Gasteiger partial charge is 0.488 e. The third kappa shape index (κ3) is 4.09. The minimum atomic E-state index is -0.542. The highest BCUT2D eigenvalue weighted by molar-refractivity contribution is 5.98. The van der Waals surface area contributed by atoms with Crippen molar-refractivity contribution in [3.63, 3.8) is 0 Å². The summed E-state index contributed by atoms with van der Waals surface area (Å²) in [6, 6.07) is 17.6. The topological polar surface area (TPSA) is 73.6 Å². The first-order valence-electron chi connectivity index (χ1n) is 9.97. The fraction of sp³-hybridized carbons (Fsp3) is 0.348. The minimum absolute atomic E-state index is 0.00792. The zero-order valence-electron chi connectivity index (χ0n) is 16.2. The van der Waals surface area contributed by atoms with E-state index in [-0.39, 0.29) is 17.9 Å². The van der Waals surface area contributed by atoms with Crippen molar-refractivity contribution in [2.75, 3.05) is 19.6 Å². The lowest BCUT2D eigenvalue weighted by molar-refractivity contribution is -0.134. The van der Waals surface area contributed by atoms with Crippen LogP contribution in [0.1, 0.15) is 35.2 Å². The van der Waals surface area contributed by atoms with Crippen molar-refractivity contribution in [3.8, 4) is 11.8 Å². The summed E-state index contributed by atoms with van der Waals surface area (Å²) in [5.41, 5.74) is 0.846. The Morgan fingerprint density at radius 2 is 1.79 bits per heavy atom. The van der Waals surface area contributed by atoms with Crippen molar-refractivity contribution in [2.24, 2.45) is 0 Å². The zero-order chi connectivity index (χ0) is 20.2.